The van der Waals surface area contributed by atoms with Gasteiger partial charge in [0.1, 0.15) is 0 Å². The first-order valence-electron chi connectivity index (χ1n) is 5.77. The van der Waals surface area contributed by atoms with Gasteiger partial charge in [-0.15, -0.1) is 0 Å². The molecule has 0 aliphatic heterocycles. The zero-order chi connectivity index (χ0) is 15.6. The summed E-state index contributed by atoms with van der Waals surface area (Å²) in [6.07, 6.45) is 1.46. The summed E-state index contributed by atoms with van der Waals surface area (Å²) in [6.45, 7) is 0. The molecule has 0 spiro atoms. The van der Waals surface area contributed by atoms with Crippen molar-refractivity contribution in [2.75, 3.05) is 0 Å². The number of phenols is 1. The van der Waals surface area contributed by atoms with E-state index in [2.05, 4.69) is 22.6 Å². The van der Waals surface area contributed by atoms with E-state index < -0.39 is 5.97 Å². The molecule has 2 N–H and O–H groups in total. The number of carboxylic acid groups (broad SMARTS) is 1. The van der Waals surface area contributed by atoms with Crippen molar-refractivity contribution in [2.24, 2.45) is 0 Å². The zero-order valence-electron chi connectivity index (χ0n) is 10.5. The third kappa shape index (κ3) is 3.90. The second-order valence-electron chi connectivity index (χ2n) is 4.20. The third-order valence-electron chi connectivity index (χ3n) is 2.74. The number of carbonyl (C=O) groups is 1. The molecule has 2 aromatic rings. The maximum absolute atomic E-state index is 11.4. The first-order valence-corrected chi connectivity index (χ1v) is 7.61. The summed E-state index contributed by atoms with van der Waals surface area (Å²) in [6, 6.07) is 10.0. The van der Waals surface area contributed by atoms with Gasteiger partial charge in [0.25, 0.3) is 0 Å². The summed E-state index contributed by atoms with van der Waals surface area (Å²) < 4.78 is 1.01. The lowest BCUT2D eigenvalue weighted by Gasteiger charge is -2.06. The smallest absolute Gasteiger partial charge is 0.336 e. The molecule has 0 atom stereocenters. The lowest BCUT2D eigenvalue weighted by Crippen LogP contribution is -1.99. The second-order valence-corrected chi connectivity index (χ2v) is 6.26. The number of phenolic OH excluding ortho intramolecular Hbond substituents is 1. The van der Waals surface area contributed by atoms with Gasteiger partial charge >= 0.3 is 5.97 Å². The fraction of sp³-hybridized carbons (Fsp3) is 0. The first-order chi connectivity index (χ1) is 9.88. The van der Waals surface area contributed by atoms with Crippen molar-refractivity contribution in [3.05, 3.63) is 61.1 Å². The number of hydrogen-bond acceptors (Lipinski definition) is 2. The highest BCUT2D eigenvalue weighted by molar-refractivity contribution is 14.1. The second kappa shape index (κ2) is 6.68. The monoisotopic (exact) mass is 434 g/mol. The van der Waals surface area contributed by atoms with Crippen molar-refractivity contribution >= 4 is 63.4 Å². The Morgan fingerprint density at radius 1 is 1.10 bits per heavy atom. The molecule has 0 amide bonds. The molecule has 3 nitrogen and oxygen atoms in total. The van der Waals surface area contributed by atoms with E-state index in [1.54, 1.807) is 12.1 Å². The number of benzene rings is 2. The summed E-state index contributed by atoms with van der Waals surface area (Å²) in [5, 5.41) is 19.0. The lowest BCUT2D eigenvalue weighted by atomic mass is 10.0. The largest absolute Gasteiger partial charge is 0.505 e. The molecule has 0 heterocycles. The number of aliphatic carboxylic acids is 1. The van der Waals surface area contributed by atoms with Crippen LogP contribution < -0.4 is 0 Å². The first kappa shape index (κ1) is 16.1. The molecule has 0 unspecified atom stereocenters. The molecule has 0 fully saturated rings. The highest BCUT2D eigenvalue weighted by atomic mass is 127. The van der Waals surface area contributed by atoms with Crippen molar-refractivity contribution in [1.82, 2.24) is 0 Å². The van der Waals surface area contributed by atoms with Gasteiger partial charge in [-0.3, -0.25) is 0 Å². The third-order valence-corrected chi connectivity index (χ3v) is 4.03. The number of aromatic hydroxyl groups is 1. The summed E-state index contributed by atoms with van der Waals surface area (Å²) in [4.78, 5) is 11.4. The van der Waals surface area contributed by atoms with Crippen LogP contribution >= 0.6 is 45.8 Å². The fourth-order valence-corrected chi connectivity index (χ4v) is 2.60. The van der Waals surface area contributed by atoms with Crippen LogP contribution in [0.3, 0.4) is 0 Å². The van der Waals surface area contributed by atoms with Crippen LogP contribution in [0, 0.1) is 3.57 Å². The molecule has 2 aromatic carbocycles. The van der Waals surface area contributed by atoms with E-state index in [0.29, 0.717) is 11.1 Å². The van der Waals surface area contributed by atoms with Crippen LogP contribution in [0.5, 0.6) is 5.75 Å². The van der Waals surface area contributed by atoms with Crippen LogP contribution in [0.1, 0.15) is 11.1 Å². The molecular formula is C15H9Cl2IO3. The van der Waals surface area contributed by atoms with Crippen LogP contribution in [-0.4, -0.2) is 16.2 Å². The van der Waals surface area contributed by atoms with Crippen LogP contribution in [-0.2, 0) is 4.79 Å². The fourth-order valence-electron chi connectivity index (χ4n) is 1.73. The van der Waals surface area contributed by atoms with E-state index in [1.165, 1.54) is 18.2 Å². The number of halogens is 3. The van der Waals surface area contributed by atoms with E-state index in [4.69, 9.17) is 23.2 Å². The molecule has 0 bridgehead atoms. The van der Waals surface area contributed by atoms with Gasteiger partial charge in [0.05, 0.1) is 15.6 Å². The van der Waals surface area contributed by atoms with Crippen molar-refractivity contribution < 1.29 is 15.0 Å². The summed E-state index contributed by atoms with van der Waals surface area (Å²) >= 11 is 13.8. The minimum Gasteiger partial charge on any atom is -0.505 e. The van der Waals surface area contributed by atoms with Gasteiger partial charge in [0, 0.05) is 3.57 Å². The van der Waals surface area contributed by atoms with Gasteiger partial charge in [-0.05, 0) is 64.1 Å². The molecule has 0 saturated carbocycles. The van der Waals surface area contributed by atoms with Crippen LogP contribution in [0.2, 0.25) is 10.0 Å². The Balaban J connectivity index is 2.52. The van der Waals surface area contributed by atoms with Crippen LogP contribution in [0.15, 0.2) is 36.4 Å². The number of rotatable bonds is 3. The number of hydrogen-bond donors (Lipinski definition) is 2. The maximum atomic E-state index is 11.4. The Bertz CT molecular complexity index is 701. The molecule has 6 heteroatoms. The number of carboxylic acids is 1. The molecule has 0 aliphatic carbocycles. The molecule has 108 valence electrons. The molecule has 0 aliphatic rings. The predicted molar refractivity (Wildman–Crippen MR) is 92.8 cm³/mol. The van der Waals surface area contributed by atoms with Crippen LogP contribution in [0.25, 0.3) is 11.6 Å². The molecule has 0 radical (unpaired) electrons. The van der Waals surface area contributed by atoms with E-state index >= 15 is 0 Å². The minimum atomic E-state index is -1.06. The Hall–Kier alpha value is -1.24. The summed E-state index contributed by atoms with van der Waals surface area (Å²) in [5.41, 5.74) is 1.19. The van der Waals surface area contributed by atoms with Crippen LogP contribution in [0.4, 0.5) is 0 Å². The normalized spacial score (nSPS) is 11.5. The van der Waals surface area contributed by atoms with Crippen molar-refractivity contribution in [3.63, 3.8) is 0 Å². The quantitative estimate of drug-likeness (QED) is 0.409. The predicted octanol–water partition coefficient (Wildman–Crippen LogP) is 4.93. The highest BCUT2D eigenvalue weighted by Gasteiger charge is 2.12. The van der Waals surface area contributed by atoms with E-state index in [9.17, 15) is 15.0 Å². The van der Waals surface area contributed by atoms with Gasteiger partial charge in [-0.2, -0.15) is 0 Å². The molecule has 0 aromatic heterocycles. The summed E-state index contributed by atoms with van der Waals surface area (Å²) in [5.74, 6) is -1.28. The Morgan fingerprint density at radius 2 is 1.62 bits per heavy atom. The average molecular weight is 435 g/mol. The van der Waals surface area contributed by atoms with E-state index in [0.717, 1.165) is 3.57 Å². The van der Waals surface area contributed by atoms with Gasteiger partial charge < -0.3 is 10.2 Å². The van der Waals surface area contributed by atoms with Gasteiger partial charge in [-0.25, -0.2) is 4.79 Å². The Morgan fingerprint density at radius 3 is 2.10 bits per heavy atom. The van der Waals surface area contributed by atoms with Gasteiger partial charge in [0.15, 0.2) is 5.75 Å². The maximum Gasteiger partial charge on any atom is 0.336 e. The van der Waals surface area contributed by atoms with Crippen molar-refractivity contribution in [1.29, 1.82) is 0 Å². The highest BCUT2D eigenvalue weighted by Crippen LogP contribution is 2.34. The van der Waals surface area contributed by atoms with Gasteiger partial charge in [0.2, 0.25) is 0 Å². The molecule has 21 heavy (non-hydrogen) atoms. The topological polar surface area (TPSA) is 57.5 Å². The van der Waals surface area contributed by atoms with Crippen molar-refractivity contribution in [2.45, 2.75) is 0 Å². The lowest BCUT2D eigenvalue weighted by molar-refractivity contribution is -0.130. The van der Waals surface area contributed by atoms with Gasteiger partial charge in [-0.1, -0.05) is 35.3 Å². The van der Waals surface area contributed by atoms with E-state index in [1.807, 2.05) is 12.1 Å². The Labute approximate surface area is 145 Å². The SMILES string of the molecule is O=C(O)C(=Cc1cc(Cl)c(O)c(Cl)c1)c1ccc(I)cc1. The van der Waals surface area contributed by atoms with Crippen molar-refractivity contribution in [3.8, 4) is 5.75 Å². The average Bonchev–Trinajstić information content (AvgIpc) is 2.43. The molecular weight excluding hydrogens is 426 g/mol. The minimum absolute atomic E-state index is 0.0705. The summed E-state index contributed by atoms with van der Waals surface area (Å²) in [7, 11) is 0. The molecule has 2 rings (SSSR count). The Kier molecular flexibility index (Phi) is 5.13. The standard InChI is InChI=1S/C15H9Cl2IO3/c16-12-6-8(7-13(17)14(12)19)5-11(15(20)21)9-1-3-10(18)4-2-9/h1-7,19H,(H,20,21). The van der Waals surface area contributed by atoms with E-state index in [-0.39, 0.29) is 21.4 Å². The molecule has 0 saturated heterocycles. The zero-order valence-corrected chi connectivity index (χ0v) is 14.1.